The summed E-state index contributed by atoms with van der Waals surface area (Å²) in [7, 11) is -1.30. The molecule has 1 aliphatic heterocycles. The Kier molecular flexibility index (Phi) is 4.26. The van der Waals surface area contributed by atoms with Crippen LogP contribution < -0.4 is 5.32 Å². The van der Waals surface area contributed by atoms with E-state index in [4.69, 9.17) is 0 Å². The van der Waals surface area contributed by atoms with Crippen molar-refractivity contribution in [3.8, 4) is 0 Å². The number of hydrogen-bond acceptors (Lipinski definition) is 4. The number of carbonyl (C=O) groups excluding carboxylic acids is 1. The third-order valence-electron chi connectivity index (χ3n) is 4.34. The maximum atomic E-state index is 12.2. The van der Waals surface area contributed by atoms with E-state index in [9.17, 15) is 13.2 Å². The molecule has 5 nitrogen and oxygen atoms in total. The van der Waals surface area contributed by atoms with Crippen molar-refractivity contribution in [1.82, 2.24) is 4.90 Å². The lowest BCUT2D eigenvalue weighted by Crippen LogP contribution is -2.40. The Morgan fingerprint density at radius 3 is 2.65 bits per heavy atom. The number of hydrogen-bond donors (Lipinski definition) is 1. The first kappa shape index (κ1) is 15.8. The third kappa shape index (κ3) is 3.64. The van der Waals surface area contributed by atoms with Gasteiger partial charge in [0.1, 0.15) is 0 Å². The van der Waals surface area contributed by atoms with Crippen LogP contribution in [-0.2, 0) is 14.6 Å². The van der Waals surface area contributed by atoms with Crippen molar-refractivity contribution in [3.63, 3.8) is 0 Å². The van der Waals surface area contributed by atoms with Crippen LogP contribution in [0.25, 0.3) is 10.8 Å². The molecule has 23 heavy (non-hydrogen) atoms. The normalized spacial score (nSPS) is 19.6. The van der Waals surface area contributed by atoms with Gasteiger partial charge < -0.3 is 10.2 Å². The molecule has 1 heterocycles. The Labute approximate surface area is 136 Å². The molecule has 6 heteroatoms. The molecule has 0 bridgehead atoms. The highest BCUT2D eigenvalue weighted by Gasteiger charge is 2.32. The first-order valence-electron chi connectivity index (χ1n) is 7.63. The average molecular weight is 332 g/mol. The zero-order valence-electron chi connectivity index (χ0n) is 13.0. The number of likely N-dealkylation sites (N-methyl/N-ethyl adjacent to an activating group) is 1. The lowest BCUT2D eigenvalue weighted by molar-refractivity contribution is -0.129. The number of rotatable bonds is 4. The Hall–Kier alpha value is -2.08. The maximum Gasteiger partial charge on any atom is 0.241 e. The van der Waals surface area contributed by atoms with Crippen LogP contribution in [0.3, 0.4) is 0 Å². The van der Waals surface area contributed by atoms with E-state index in [1.165, 1.54) is 0 Å². The van der Waals surface area contributed by atoms with Gasteiger partial charge in [0.15, 0.2) is 9.84 Å². The topological polar surface area (TPSA) is 66.5 Å². The van der Waals surface area contributed by atoms with Crippen LogP contribution in [0.15, 0.2) is 42.5 Å². The molecular formula is C17H20N2O3S. The van der Waals surface area contributed by atoms with Gasteiger partial charge in [0.25, 0.3) is 0 Å². The molecule has 1 unspecified atom stereocenters. The molecule has 1 atom stereocenters. The SMILES string of the molecule is CN(C(=O)CNc1ccc2ccccc2c1)C1CCS(=O)(=O)C1. The van der Waals surface area contributed by atoms with Crippen LogP contribution in [0.1, 0.15) is 6.42 Å². The number of nitrogens with one attached hydrogen (secondary N) is 1. The first-order valence-corrected chi connectivity index (χ1v) is 9.45. The number of carbonyl (C=O) groups is 1. The molecule has 1 saturated heterocycles. The standard InChI is InChI=1S/C17H20N2O3S/c1-19(16-8-9-23(21,22)12-16)17(20)11-18-15-7-6-13-4-2-3-5-14(13)10-15/h2-7,10,16,18H,8-9,11-12H2,1H3. The second-order valence-corrected chi connectivity index (χ2v) is 8.21. The van der Waals surface area contributed by atoms with Crippen LogP contribution in [0.5, 0.6) is 0 Å². The molecule has 2 aromatic rings. The fraction of sp³-hybridized carbons (Fsp3) is 0.353. The Balaban J connectivity index is 1.61. The Morgan fingerprint density at radius 2 is 1.96 bits per heavy atom. The molecule has 1 aliphatic rings. The minimum Gasteiger partial charge on any atom is -0.376 e. The Morgan fingerprint density at radius 1 is 1.22 bits per heavy atom. The average Bonchev–Trinajstić information content (AvgIpc) is 2.91. The van der Waals surface area contributed by atoms with Crippen molar-refractivity contribution in [2.45, 2.75) is 12.5 Å². The predicted molar refractivity (Wildman–Crippen MR) is 92.3 cm³/mol. The number of amides is 1. The van der Waals surface area contributed by atoms with Crippen molar-refractivity contribution in [3.05, 3.63) is 42.5 Å². The monoisotopic (exact) mass is 332 g/mol. The van der Waals surface area contributed by atoms with Crippen molar-refractivity contribution < 1.29 is 13.2 Å². The summed E-state index contributed by atoms with van der Waals surface area (Å²) in [5, 5.41) is 5.38. The lowest BCUT2D eigenvalue weighted by atomic mass is 10.1. The fourth-order valence-corrected chi connectivity index (χ4v) is 4.66. The van der Waals surface area contributed by atoms with Crippen molar-refractivity contribution in [2.24, 2.45) is 0 Å². The minimum atomic E-state index is -2.98. The van der Waals surface area contributed by atoms with E-state index in [2.05, 4.69) is 5.32 Å². The summed E-state index contributed by atoms with van der Waals surface area (Å²) in [6.45, 7) is 0.158. The molecule has 1 fully saturated rings. The maximum absolute atomic E-state index is 12.2. The molecule has 1 amide bonds. The van der Waals surface area contributed by atoms with Crippen LogP contribution in [0.4, 0.5) is 5.69 Å². The van der Waals surface area contributed by atoms with E-state index >= 15 is 0 Å². The molecule has 1 N–H and O–H groups in total. The van der Waals surface area contributed by atoms with Gasteiger partial charge in [0.2, 0.25) is 5.91 Å². The molecular weight excluding hydrogens is 312 g/mol. The van der Waals surface area contributed by atoms with Gasteiger partial charge in [0, 0.05) is 18.8 Å². The summed E-state index contributed by atoms with van der Waals surface area (Å²) >= 11 is 0. The molecule has 0 aromatic heterocycles. The van der Waals surface area contributed by atoms with Gasteiger partial charge in [-0.25, -0.2) is 8.42 Å². The number of nitrogens with zero attached hydrogens (tertiary/aromatic N) is 1. The third-order valence-corrected chi connectivity index (χ3v) is 6.09. The highest BCUT2D eigenvalue weighted by molar-refractivity contribution is 7.91. The zero-order chi connectivity index (χ0) is 16.4. The highest BCUT2D eigenvalue weighted by Crippen LogP contribution is 2.19. The summed E-state index contributed by atoms with van der Waals surface area (Å²) in [6.07, 6.45) is 0.528. The van der Waals surface area contributed by atoms with Gasteiger partial charge in [-0.05, 0) is 29.3 Å². The summed E-state index contributed by atoms with van der Waals surface area (Å²) in [5.74, 6) is 0.152. The van der Waals surface area contributed by atoms with Crippen molar-refractivity contribution >= 4 is 32.2 Å². The predicted octanol–water partition coefficient (Wildman–Crippen LogP) is 1.90. The van der Waals surface area contributed by atoms with Gasteiger partial charge in [-0.1, -0.05) is 30.3 Å². The Bertz CT molecular complexity index is 833. The van der Waals surface area contributed by atoms with Gasteiger partial charge in [-0.2, -0.15) is 0 Å². The molecule has 122 valence electrons. The van der Waals surface area contributed by atoms with Crippen LogP contribution in [-0.4, -0.2) is 50.4 Å². The van der Waals surface area contributed by atoms with E-state index in [-0.39, 0.29) is 30.0 Å². The van der Waals surface area contributed by atoms with E-state index < -0.39 is 9.84 Å². The lowest BCUT2D eigenvalue weighted by Gasteiger charge is -2.23. The van der Waals surface area contributed by atoms with E-state index in [0.29, 0.717) is 6.42 Å². The summed E-state index contributed by atoms with van der Waals surface area (Å²) < 4.78 is 23.0. The van der Waals surface area contributed by atoms with Gasteiger partial charge in [-0.3, -0.25) is 4.79 Å². The van der Waals surface area contributed by atoms with Crippen LogP contribution in [0, 0.1) is 0 Å². The quantitative estimate of drug-likeness (QED) is 0.929. The van der Waals surface area contributed by atoms with Gasteiger partial charge in [0.05, 0.1) is 18.1 Å². The summed E-state index contributed by atoms with van der Waals surface area (Å²) in [4.78, 5) is 13.8. The molecule has 0 saturated carbocycles. The molecule has 2 aromatic carbocycles. The fourth-order valence-electron chi connectivity index (χ4n) is 2.89. The number of sulfone groups is 1. The van der Waals surface area contributed by atoms with Gasteiger partial charge in [-0.15, -0.1) is 0 Å². The summed E-state index contributed by atoms with van der Waals surface area (Å²) in [6, 6.07) is 13.8. The number of benzene rings is 2. The highest BCUT2D eigenvalue weighted by atomic mass is 32.2. The largest absolute Gasteiger partial charge is 0.376 e. The first-order chi connectivity index (χ1) is 10.9. The van der Waals surface area contributed by atoms with Gasteiger partial charge >= 0.3 is 0 Å². The molecule has 0 radical (unpaired) electrons. The number of fused-ring (bicyclic) bond motifs is 1. The van der Waals surface area contributed by atoms with E-state index in [0.717, 1.165) is 16.5 Å². The number of anilines is 1. The molecule has 3 rings (SSSR count). The van der Waals surface area contributed by atoms with Crippen LogP contribution in [0.2, 0.25) is 0 Å². The molecule has 0 aliphatic carbocycles. The van der Waals surface area contributed by atoms with E-state index in [1.54, 1.807) is 11.9 Å². The second-order valence-electron chi connectivity index (χ2n) is 5.98. The second kappa shape index (κ2) is 6.20. The molecule has 0 spiro atoms. The van der Waals surface area contributed by atoms with E-state index in [1.807, 2.05) is 42.5 Å². The van der Waals surface area contributed by atoms with Crippen LogP contribution >= 0.6 is 0 Å². The summed E-state index contributed by atoms with van der Waals surface area (Å²) in [5.41, 5.74) is 0.879. The zero-order valence-corrected chi connectivity index (χ0v) is 13.8. The minimum absolute atomic E-state index is 0.0746. The smallest absolute Gasteiger partial charge is 0.241 e. The van der Waals surface area contributed by atoms with Crippen molar-refractivity contribution in [1.29, 1.82) is 0 Å². The van der Waals surface area contributed by atoms with Crippen molar-refractivity contribution in [2.75, 3.05) is 30.4 Å².